The monoisotopic (exact) mass is 500 g/mol. The minimum absolute atomic E-state index is 0.111. The van der Waals surface area contributed by atoms with Gasteiger partial charge in [-0.05, 0) is 11.0 Å². The van der Waals surface area contributed by atoms with Gasteiger partial charge in [0, 0.05) is 11.1 Å². The van der Waals surface area contributed by atoms with Crippen LogP contribution < -0.4 is 0 Å². The summed E-state index contributed by atoms with van der Waals surface area (Å²) in [5, 5.41) is 16.7. The van der Waals surface area contributed by atoms with Crippen molar-refractivity contribution in [2.75, 3.05) is 0 Å². The fourth-order valence-electron chi connectivity index (χ4n) is 2.52. The van der Waals surface area contributed by atoms with Crippen LogP contribution in [0.25, 0.3) is 0 Å². The van der Waals surface area contributed by atoms with Gasteiger partial charge < -0.3 is 10.2 Å². The Hall–Kier alpha value is -1.41. The van der Waals surface area contributed by atoms with Crippen LogP contribution in [-0.4, -0.2) is 34.9 Å². The van der Waals surface area contributed by atoms with Crippen LogP contribution in [0.4, 0.5) is 52.7 Å². The Balaban J connectivity index is 4.36. The van der Waals surface area contributed by atoms with Crippen molar-refractivity contribution in [2.24, 2.45) is 0 Å². The first kappa shape index (κ1) is 27.6. The molecule has 0 bridgehead atoms. The molecule has 0 saturated heterocycles. The van der Waals surface area contributed by atoms with E-state index in [9.17, 15) is 62.9 Å². The maximum atomic E-state index is 13.3. The Kier molecular flexibility index (Phi) is 6.51. The second kappa shape index (κ2) is 7.30. The van der Waals surface area contributed by atoms with E-state index in [-0.39, 0.29) is 12.1 Å². The summed E-state index contributed by atoms with van der Waals surface area (Å²) < 4.78 is 159. The molecule has 0 aromatic heterocycles. The molecular weight excluding hydrogens is 488 g/mol. The first-order chi connectivity index (χ1) is 13.2. The van der Waals surface area contributed by atoms with Crippen molar-refractivity contribution in [3.05, 3.63) is 33.8 Å². The first-order valence-electron chi connectivity index (χ1n) is 7.81. The highest BCUT2D eigenvalue weighted by atomic mass is 35.5. The summed E-state index contributed by atoms with van der Waals surface area (Å²) in [5.41, 5.74) is -19.6. The summed E-state index contributed by atoms with van der Waals surface area (Å²) in [7, 11) is 0. The Morgan fingerprint density at radius 2 is 0.806 bits per heavy atom. The molecular formula is C16H13ClF12O2. The summed E-state index contributed by atoms with van der Waals surface area (Å²) in [6.45, 7) is 3.10. The lowest BCUT2D eigenvalue weighted by Gasteiger charge is -2.38. The molecule has 0 aliphatic rings. The number of alkyl halides is 12. The Bertz CT molecular complexity index is 740. The van der Waals surface area contributed by atoms with Crippen molar-refractivity contribution >= 4 is 11.6 Å². The lowest BCUT2D eigenvalue weighted by molar-refractivity contribution is -0.378. The number of hydrogen-bond acceptors (Lipinski definition) is 2. The molecule has 2 nitrogen and oxygen atoms in total. The van der Waals surface area contributed by atoms with E-state index in [0.717, 1.165) is 20.8 Å². The van der Waals surface area contributed by atoms with Crippen molar-refractivity contribution in [3.63, 3.8) is 0 Å². The third-order valence-electron chi connectivity index (χ3n) is 4.36. The van der Waals surface area contributed by atoms with Crippen LogP contribution in [0.3, 0.4) is 0 Å². The number of rotatable bonds is 2. The third kappa shape index (κ3) is 4.30. The number of halogens is 13. The molecule has 0 aliphatic heterocycles. The van der Waals surface area contributed by atoms with Gasteiger partial charge in [-0.25, -0.2) is 0 Å². The van der Waals surface area contributed by atoms with Gasteiger partial charge >= 0.3 is 24.7 Å². The SMILES string of the molecule is CC(C)(C)c1cc(C(O)(C(F)(F)F)C(F)(F)F)c(Cl)c(C(O)(C(F)(F)F)C(F)(F)F)c1. The van der Waals surface area contributed by atoms with Gasteiger partial charge in [-0.15, -0.1) is 0 Å². The van der Waals surface area contributed by atoms with Crippen LogP contribution in [0, 0.1) is 0 Å². The molecule has 0 heterocycles. The van der Waals surface area contributed by atoms with Crippen LogP contribution in [0.5, 0.6) is 0 Å². The molecule has 0 radical (unpaired) electrons. The van der Waals surface area contributed by atoms with Gasteiger partial charge in [0.2, 0.25) is 0 Å². The molecule has 0 saturated carbocycles. The number of aliphatic hydroxyl groups is 2. The minimum atomic E-state index is -6.67. The fraction of sp³-hybridized carbons (Fsp3) is 0.625. The summed E-state index contributed by atoms with van der Waals surface area (Å²) in [5.74, 6) is 0. The Morgan fingerprint density at radius 3 is 0.968 bits per heavy atom. The van der Waals surface area contributed by atoms with E-state index in [4.69, 9.17) is 11.6 Å². The van der Waals surface area contributed by atoms with Crippen LogP contribution in [0.1, 0.15) is 37.5 Å². The standard InChI is InChI=1S/C16H13ClF12O2/c1-10(2,3)6-4-7(11(30,13(18,19)20)14(21,22)23)9(17)8(5-6)12(31,15(24,25)26)16(27,28)29/h4-5,30-31H,1-3H3. The van der Waals surface area contributed by atoms with Crippen molar-refractivity contribution in [1.82, 2.24) is 0 Å². The van der Waals surface area contributed by atoms with Gasteiger partial charge in [-0.3, -0.25) is 0 Å². The van der Waals surface area contributed by atoms with Crippen molar-refractivity contribution in [3.8, 4) is 0 Å². The van der Waals surface area contributed by atoms with E-state index in [2.05, 4.69) is 0 Å². The zero-order chi connectivity index (χ0) is 25.2. The molecule has 0 amide bonds. The van der Waals surface area contributed by atoms with Crippen LogP contribution >= 0.6 is 11.6 Å². The van der Waals surface area contributed by atoms with Gasteiger partial charge in [0.25, 0.3) is 11.2 Å². The zero-order valence-corrected chi connectivity index (χ0v) is 16.2. The van der Waals surface area contributed by atoms with E-state index in [1.807, 2.05) is 0 Å². The molecule has 0 aliphatic carbocycles. The molecule has 1 aromatic carbocycles. The molecule has 0 fully saturated rings. The summed E-state index contributed by atoms with van der Waals surface area (Å²) in [6, 6.07) is -0.222. The van der Waals surface area contributed by atoms with Gasteiger partial charge in [0.05, 0.1) is 5.02 Å². The quantitative estimate of drug-likeness (QED) is 0.471. The molecule has 0 unspecified atom stereocenters. The highest BCUT2D eigenvalue weighted by Gasteiger charge is 2.75. The maximum Gasteiger partial charge on any atom is 0.430 e. The van der Waals surface area contributed by atoms with Crippen LogP contribution in [0.15, 0.2) is 12.1 Å². The smallest absolute Gasteiger partial charge is 0.369 e. The minimum Gasteiger partial charge on any atom is -0.369 e. The fourth-order valence-corrected chi connectivity index (χ4v) is 2.90. The van der Waals surface area contributed by atoms with E-state index in [1.165, 1.54) is 0 Å². The van der Waals surface area contributed by atoms with Crippen molar-refractivity contribution in [2.45, 2.75) is 62.1 Å². The second-order valence-electron chi connectivity index (χ2n) is 7.55. The highest BCUT2D eigenvalue weighted by Crippen LogP contribution is 2.57. The van der Waals surface area contributed by atoms with Crippen molar-refractivity contribution < 1.29 is 62.9 Å². The van der Waals surface area contributed by atoms with E-state index in [0.29, 0.717) is 0 Å². The lowest BCUT2D eigenvalue weighted by Crippen LogP contribution is -2.56. The van der Waals surface area contributed by atoms with Gasteiger partial charge in [0.1, 0.15) is 0 Å². The molecule has 2 N–H and O–H groups in total. The van der Waals surface area contributed by atoms with Crippen LogP contribution in [0.2, 0.25) is 5.02 Å². The van der Waals surface area contributed by atoms with Gasteiger partial charge in [-0.2, -0.15) is 52.7 Å². The summed E-state index contributed by atoms with van der Waals surface area (Å²) in [6.07, 6.45) is -26.7. The van der Waals surface area contributed by atoms with E-state index in [1.54, 1.807) is 0 Å². The normalized spacial score (nSPS) is 15.4. The number of hydrogen-bond donors (Lipinski definition) is 2. The largest absolute Gasteiger partial charge is 0.430 e. The van der Waals surface area contributed by atoms with Crippen LogP contribution in [-0.2, 0) is 16.6 Å². The predicted molar refractivity (Wildman–Crippen MR) is 82.2 cm³/mol. The second-order valence-corrected chi connectivity index (χ2v) is 7.93. The van der Waals surface area contributed by atoms with E-state index < -0.39 is 63.0 Å². The number of benzene rings is 1. The first-order valence-corrected chi connectivity index (χ1v) is 8.19. The molecule has 15 heteroatoms. The average Bonchev–Trinajstić information content (AvgIpc) is 2.48. The van der Waals surface area contributed by atoms with Crippen molar-refractivity contribution in [1.29, 1.82) is 0 Å². The Morgan fingerprint density at radius 1 is 0.581 bits per heavy atom. The summed E-state index contributed by atoms with van der Waals surface area (Å²) in [4.78, 5) is 0. The lowest BCUT2D eigenvalue weighted by atomic mass is 9.78. The predicted octanol–water partition coefficient (Wildman–Crippen LogP) is 6.26. The molecule has 1 rings (SSSR count). The average molecular weight is 501 g/mol. The zero-order valence-electron chi connectivity index (χ0n) is 15.5. The van der Waals surface area contributed by atoms with Gasteiger partial charge in [0.15, 0.2) is 0 Å². The maximum absolute atomic E-state index is 13.3. The summed E-state index contributed by atoms with van der Waals surface area (Å²) >= 11 is 5.20. The molecule has 180 valence electrons. The molecule has 1 aromatic rings. The molecule has 31 heavy (non-hydrogen) atoms. The highest BCUT2D eigenvalue weighted by molar-refractivity contribution is 6.32. The molecule has 0 atom stereocenters. The van der Waals surface area contributed by atoms with E-state index >= 15 is 0 Å². The molecule has 0 spiro atoms. The Labute approximate surface area is 171 Å². The topological polar surface area (TPSA) is 40.5 Å². The van der Waals surface area contributed by atoms with Gasteiger partial charge in [-0.1, -0.05) is 44.5 Å². The third-order valence-corrected chi connectivity index (χ3v) is 4.77.